The van der Waals surface area contributed by atoms with E-state index >= 15 is 0 Å². The van der Waals surface area contributed by atoms with Crippen molar-refractivity contribution in [1.82, 2.24) is 0 Å². The van der Waals surface area contributed by atoms with Gasteiger partial charge < -0.3 is 4.12 Å². The van der Waals surface area contributed by atoms with Gasteiger partial charge in [-0.2, -0.15) is 22.2 Å². The van der Waals surface area contributed by atoms with Crippen LogP contribution in [0.15, 0.2) is 0 Å². The quantitative estimate of drug-likeness (QED) is 0.154. The summed E-state index contributed by atoms with van der Waals surface area (Å²) in [7, 11) is -8.05. The van der Waals surface area contributed by atoms with Gasteiger partial charge in [0.1, 0.15) is 0 Å². The minimum Gasteiger partial charge on any atom is -0.432 e. The van der Waals surface area contributed by atoms with Gasteiger partial charge in [-0.05, 0) is 50.0 Å². The highest BCUT2D eigenvalue weighted by atomic mass is 35.6. The Morgan fingerprint density at radius 2 is 0.559 bits per heavy atom. The Hall–Kier alpha value is 1.99. The van der Waals surface area contributed by atoms with Crippen LogP contribution in [0.2, 0.25) is 50.0 Å². The zero-order valence-electron chi connectivity index (χ0n) is 25.2. The van der Waals surface area contributed by atoms with Crippen LogP contribution in [0.1, 0.15) is 111 Å². The standard InChI is InChI=1S/C13H30Cl2Si2.C12H28Cl2OSi2/c1-10(2)16(14,11(3)4)9-17(15,12(5)6)13(7)8;1-9(2)16(13,10(3)4)15-17(14,11(5)6)12(7)8/h10-13H,9H2,1-8H3;9-12H,1-8H3. The highest BCUT2D eigenvalue weighted by molar-refractivity contribution is 7.34. The third-order valence-corrected chi connectivity index (χ3v) is 42.9. The van der Waals surface area contributed by atoms with Crippen molar-refractivity contribution < 1.29 is 4.12 Å². The predicted molar refractivity (Wildman–Crippen MR) is 173 cm³/mol. The van der Waals surface area contributed by atoms with Crippen molar-refractivity contribution in [3.8, 4) is 0 Å². The van der Waals surface area contributed by atoms with E-state index in [1.807, 2.05) is 0 Å². The van der Waals surface area contributed by atoms with Gasteiger partial charge in [-0.3, -0.25) is 0 Å². The van der Waals surface area contributed by atoms with E-state index in [4.69, 9.17) is 48.4 Å². The Bertz CT molecular complexity index is 451. The number of rotatable bonds is 12. The molecule has 208 valence electrons. The molecule has 0 saturated carbocycles. The van der Waals surface area contributed by atoms with E-state index in [0.717, 1.165) is 5.67 Å². The molecule has 0 heterocycles. The second kappa shape index (κ2) is 15.0. The summed E-state index contributed by atoms with van der Waals surface area (Å²) < 4.78 is 6.48. The van der Waals surface area contributed by atoms with Crippen LogP contribution in [-0.2, 0) is 4.12 Å². The molecular formula is C25H58Cl4OSi4. The van der Waals surface area contributed by atoms with E-state index in [9.17, 15) is 0 Å². The third-order valence-electron chi connectivity index (χ3n) is 7.84. The number of halogens is 4. The average Bonchev–Trinajstić information content (AvgIpc) is 2.66. The van der Waals surface area contributed by atoms with Crippen molar-refractivity contribution in [3.63, 3.8) is 0 Å². The summed E-state index contributed by atoms with van der Waals surface area (Å²) in [5, 5.41) is 0. The zero-order chi connectivity index (χ0) is 28.0. The van der Waals surface area contributed by atoms with Crippen LogP contribution in [0.4, 0.5) is 0 Å². The molecule has 0 unspecified atom stereocenters. The first-order chi connectivity index (χ1) is 15.0. The fourth-order valence-corrected chi connectivity index (χ4v) is 32.7. The average molecular weight is 629 g/mol. The van der Waals surface area contributed by atoms with Gasteiger partial charge in [-0.25, -0.2) is 0 Å². The summed E-state index contributed by atoms with van der Waals surface area (Å²) in [6.45, 7) is 35.5. The maximum Gasteiger partial charge on any atom is 0.286 e. The first kappa shape index (κ1) is 38.1. The lowest BCUT2D eigenvalue weighted by atomic mass is 10.5. The molecule has 0 saturated heterocycles. The molecule has 0 fully saturated rings. The second-order valence-corrected chi connectivity index (χ2v) is 38.5. The van der Waals surface area contributed by atoms with E-state index in [1.54, 1.807) is 0 Å². The fourth-order valence-electron chi connectivity index (χ4n) is 4.61. The summed E-state index contributed by atoms with van der Waals surface area (Å²) in [6.07, 6.45) is 0. The molecule has 0 aromatic rings. The molecule has 0 atom stereocenters. The first-order valence-corrected chi connectivity index (χ1v) is 26.3. The van der Waals surface area contributed by atoms with Gasteiger partial charge in [0, 0.05) is 0 Å². The van der Waals surface area contributed by atoms with E-state index in [-0.39, 0.29) is 0 Å². The van der Waals surface area contributed by atoms with Gasteiger partial charge in [0.2, 0.25) is 0 Å². The molecule has 0 bridgehead atoms. The third kappa shape index (κ3) is 9.63. The van der Waals surface area contributed by atoms with Crippen molar-refractivity contribution in [2.24, 2.45) is 0 Å². The van der Waals surface area contributed by atoms with Gasteiger partial charge in [-0.1, -0.05) is 111 Å². The second-order valence-electron chi connectivity index (χ2n) is 12.8. The summed E-state index contributed by atoms with van der Waals surface area (Å²) in [5.74, 6) is 0. The highest BCUT2D eigenvalue weighted by Crippen LogP contribution is 2.50. The molecule has 34 heavy (non-hydrogen) atoms. The molecule has 0 aromatic heterocycles. The molecule has 0 spiro atoms. The topological polar surface area (TPSA) is 9.23 Å². The summed E-state index contributed by atoms with van der Waals surface area (Å²) >= 11 is 27.8. The maximum atomic E-state index is 7.07. The van der Waals surface area contributed by atoms with Crippen molar-refractivity contribution >= 4 is 74.3 Å². The molecular weight excluding hydrogens is 570 g/mol. The number of hydrogen-bond donors (Lipinski definition) is 0. The Morgan fingerprint density at radius 3 is 0.676 bits per heavy atom. The minimum atomic E-state index is -2.26. The van der Waals surface area contributed by atoms with Gasteiger partial charge in [0.05, 0.1) is 0 Å². The predicted octanol–water partition coefficient (Wildman–Crippen LogP) is 12.5. The van der Waals surface area contributed by atoms with Crippen LogP contribution in [0.5, 0.6) is 0 Å². The van der Waals surface area contributed by atoms with Crippen LogP contribution in [0.25, 0.3) is 0 Å². The summed E-state index contributed by atoms with van der Waals surface area (Å²) in [4.78, 5) is 0. The molecule has 0 radical (unpaired) electrons. The van der Waals surface area contributed by atoms with Crippen molar-refractivity contribution in [3.05, 3.63) is 0 Å². The maximum absolute atomic E-state index is 7.07. The monoisotopic (exact) mass is 626 g/mol. The fraction of sp³-hybridized carbons (Fsp3) is 1.00. The van der Waals surface area contributed by atoms with Gasteiger partial charge in [0.15, 0.2) is 14.8 Å². The highest BCUT2D eigenvalue weighted by Gasteiger charge is 2.52. The van der Waals surface area contributed by atoms with Crippen molar-refractivity contribution in [2.45, 2.75) is 161 Å². The molecule has 0 aliphatic heterocycles. The lowest BCUT2D eigenvalue weighted by Crippen LogP contribution is -2.52. The molecule has 0 rings (SSSR count). The van der Waals surface area contributed by atoms with Crippen LogP contribution < -0.4 is 0 Å². The van der Waals surface area contributed by atoms with E-state index < -0.39 is 30.0 Å². The lowest BCUT2D eigenvalue weighted by Gasteiger charge is -2.43. The van der Waals surface area contributed by atoms with Crippen LogP contribution in [0.3, 0.4) is 0 Å². The Morgan fingerprint density at radius 1 is 0.382 bits per heavy atom. The van der Waals surface area contributed by atoms with Crippen molar-refractivity contribution in [1.29, 1.82) is 0 Å². The number of hydrogen-bond acceptors (Lipinski definition) is 1. The molecule has 1 nitrogen and oxygen atoms in total. The Kier molecular flexibility index (Phi) is 16.8. The van der Waals surface area contributed by atoms with E-state index in [0.29, 0.717) is 44.3 Å². The molecule has 0 aromatic carbocycles. The van der Waals surface area contributed by atoms with E-state index in [2.05, 4.69) is 111 Å². The molecule has 9 heteroatoms. The molecule has 0 aliphatic carbocycles. The first-order valence-electron chi connectivity index (χ1n) is 13.4. The smallest absolute Gasteiger partial charge is 0.286 e. The molecule has 0 amide bonds. The zero-order valence-corrected chi connectivity index (χ0v) is 32.3. The normalized spacial score (nSPS) is 14.5. The van der Waals surface area contributed by atoms with Gasteiger partial charge >= 0.3 is 0 Å². The molecule has 0 N–H and O–H groups in total. The van der Waals surface area contributed by atoms with Crippen LogP contribution >= 0.6 is 44.3 Å². The summed E-state index contributed by atoms with van der Waals surface area (Å²) in [6, 6.07) is 0. The van der Waals surface area contributed by atoms with Crippen molar-refractivity contribution in [2.75, 3.05) is 0 Å². The Balaban J connectivity index is 0. The van der Waals surface area contributed by atoms with Gasteiger partial charge in [0.25, 0.3) is 15.3 Å². The summed E-state index contributed by atoms with van der Waals surface area (Å²) in [5.41, 5.74) is 5.09. The Labute approximate surface area is 237 Å². The minimum absolute atomic E-state index is 0.382. The van der Waals surface area contributed by atoms with E-state index in [1.165, 1.54) is 0 Å². The largest absolute Gasteiger partial charge is 0.432 e. The van der Waals surface area contributed by atoms with Crippen LogP contribution in [0, 0.1) is 0 Å². The van der Waals surface area contributed by atoms with Crippen LogP contribution in [-0.4, -0.2) is 30.0 Å². The lowest BCUT2D eigenvalue weighted by molar-refractivity contribution is 0.498. The molecule has 0 aliphatic rings. The van der Waals surface area contributed by atoms with Gasteiger partial charge in [-0.15, -0.1) is 22.2 Å². The SMILES string of the molecule is CC(C)[Si](Cl)(C[Si](Cl)(C(C)C)C(C)C)C(C)C.CC(C)[Si](Cl)(O[Si](Cl)(C(C)C)C(C)C)C(C)C.